The van der Waals surface area contributed by atoms with Gasteiger partial charge in [-0.2, -0.15) is 5.10 Å². The number of nitrogens with two attached hydrogens (primary N) is 1. The van der Waals surface area contributed by atoms with E-state index in [4.69, 9.17) is 27.4 Å². The summed E-state index contributed by atoms with van der Waals surface area (Å²) >= 11 is 6.59. The lowest BCUT2D eigenvalue weighted by Gasteiger charge is -2.32. The third kappa shape index (κ3) is 7.12. The van der Waals surface area contributed by atoms with E-state index in [-0.39, 0.29) is 36.1 Å². The Morgan fingerprint density at radius 2 is 1.78 bits per heavy atom. The number of fused-ring (bicyclic) bond motifs is 2. The number of benzene rings is 3. The normalized spacial score (nSPS) is 13.4. The lowest BCUT2D eigenvalue weighted by atomic mass is 10.1. The van der Waals surface area contributed by atoms with Crippen LogP contribution in [0.5, 0.6) is 5.75 Å². The van der Waals surface area contributed by atoms with Crippen molar-refractivity contribution in [1.82, 2.24) is 39.1 Å². The highest BCUT2D eigenvalue weighted by Gasteiger charge is 2.22. The number of aromatic nitrogens is 6. The van der Waals surface area contributed by atoms with Gasteiger partial charge in [0.1, 0.15) is 36.0 Å². The second kappa shape index (κ2) is 14.6. The van der Waals surface area contributed by atoms with Crippen LogP contribution in [0.15, 0.2) is 77.9 Å². The van der Waals surface area contributed by atoms with Crippen molar-refractivity contribution in [3.05, 3.63) is 105 Å². The fourth-order valence-electron chi connectivity index (χ4n) is 6.32. The van der Waals surface area contributed by atoms with Crippen molar-refractivity contribution in [3.63, 3.8) is 0 Å². The Morgan fingerprint density at radius 3 is 2.59 bits per heavy atom. The number of rotatable bonds is 8. The summed E-state index contributed by atoms with van der Waals surface area (Å²) in [5, 5.41) is 16.5. The first kappa shape index (κ1) is 33.7. The average Bonchev–Trinajstić information content (AvgIpc) is 3.50. The fraction of sp³-hybridized carbons (Fsp3) is 0.263. The molecule has 1 aliphatic rings. The fourth-order valence-corrected chi connectivity index (χ4v) is 6.52. The molecule has 0 aliphatic carbocycles. The van der Waals surface area contributed by atoms with Crippen molar-refractivity contribution in [1.29, 1.82) is 0 Å². The molecular formula is C38H36ClN9O3. The molecule has 1 fully saturated rings. The van der Waals surface area contributed by atoms with Crippen molar-refractivity contribution in [2.45, 2.75) is 32.4 Å². The minimum atomic E-state index is -0.274. The molecule has 12 nitrogen and oxygen atoms in total. The summed E-state index contributed by atoms with van der Waals surface area (Å²) < 4.78 is 3.23. The summed E-state index contributed by atoms with van der Waals surface area (Å²) in [6, 6.07) is 19.5. The van der Waals surface area contributed by atoms with Gasteiger partial charge in [-0.3, -0.25) is 14.2 Å². The molecule has 0 saturated carbocycles. The van der Waals surface area contributed by atoms with Gasteiger partial charge in [-0.1, -0.05) is 59.8 Å². The molecule has 51 heavy (non-hydrogen) atoms. The Morgan fingerprint density at radius 1 is 0.980 bits per heavy atom. The number of hydrogen-bond donors (Lipinski definition) is 2. The van der Waals surface area contributed by atoms with Crippen LogP contribution in [0.2, 0.25) is 5.02 Å². The molecule has 1 saturated heterocycles. The number of anilines is 1. The minimum Gasteiger partial charge on any atom is -0.508 e. The third-order valence-corrected chi connectivity index (χ3v) is 9.46. The van der Waals surface area contributed by atoms with Crippen molar-refractivity contribution in [2.24, 2.45) is 0 Å². The Balaban J connectivity index is 1.25. The third-order valence-electron chi connectivity index (χ3n) is 9.09. The Kier molecular flexibility index (Phi) is 9.65. The quantitative estimate of drug-likeness (QED) is 0.172. The summed E-state index contributed by atoms with van der Waals surface area (Å²) in [4.78, 5) is 45.0. The second-order valence-electron chi connectivity index (χ2n) is 12.6. The maximum absolute atomic E-state index is 14.5. The molecule has 4 heterocycles. The van der Waals surface area contributed by atoms with Crippen LogP contribution in [0.4, 0.5) is 5.82 Å². The largest absolute Gasteiger partial charge is 0.508 e. The first-order chi connectivity index (χ1) is 24.8. The van der Waals surface area contributed by atoms with Crippen molar-refractivity contribution in [2.75, 3.05) is 39.0 Å². The lowest BCUT2D eigenvalue weighted by molar-refractivity contribution is -0.132. The maximum atomic E-state index is 14.5. The molecule has 1 amide bonds. The number of carbonyl (C=O) groups excluding carboxylic acids is 1. The lowest BCUT2D eigenvalue weighted by Crippen LogP contribution is -2.47. The van der Waals surface area contributed by atoms with E-state index in [9.17, 15) is 14.7 Å². The molecule has 0 spiro atoms. The van der Waals surface area contributed by atoms with E-state index >= 15 is 0 Å². The number of nitrogen functional groups attached to an aromatic ring is 1. The summed E-state index contributed by atoms with van der Waals surface area (Å²) in [5.74, 6) is 7.25. The molecule has 0 radical (unpaired) electrons. The predicted octanol–water partition coefficient (Wildman–Crippen LogP) is 4.54. The first-order valence-corrected chi connectivity index (χ1v) is 17.1. The van der Waals surface area contributed by atoms with Crippen LogP contribution in [0.25, 0.3) is 33.2 Å². The zero-order valence-electron chi connectivity index (χ0n) is 28.1. The van der Waals surface area contributed by atoms with Crippen LogP contribution in [-0.4, -0.2) is 83.3 Å². The second-order valence-corrected chi connectivity index (χ2v) is 13.0. The highest BCUT2D eigenvalue weighted by molar-refractivity contribution is 6.31. The molecule has 13 heteroatoms. The number of amides is 1. The Hall–Kier alpha value is -5.77. The zero-order valence-corrected chi connectivity index (χ0v) is 28.8. The molecule has 0 unspecified atom stereocenters. The van der Waals surface area contributed by atoms with E-state index in [1.165, 1.54) is 6.33 Å². The first-order valence-electron chi connectivity index (χ1n) is 16.7. The molecule has 1 aliphatic heterocycles. The molecule has 258 valence electrons. The summed E-state index contributed by atoms with van der Waals surface area (Å²) in [5.41, 5.74) is 9.42. The van der Waals surface area contributed by atoms with Crippen LogP contribution in [0, 0.1) is 11.8 Å². The van der Waals surface area contributed by atoms with E-state index in [0.717, 1.165) is 31.7 Å². The molecule has 0 atom stereocenters. The number of hydrogen-bond acceptors (Lipinski definition) is 9. The number of carbonyl (C=O) groups is 1. The monoisotopic (exact) mass is 701 g/mol. The number of piperazine rings is 1. The van der Waals surface area contributed by atoms with E-state index < -0.39 is 0 Å². The standard InChI is InChI=1S/C38H36ClN9O3/c1-45-17-19-46(20-18-45)32(50)16-4-2-3-9-25-11-8-15-30-33(25)38(51)47(22-27-10-5-6-14-29(27)39)31(43-30)23-48-37-34(36(40)41-24-42-37)35(44-48)26-12-7-13-28(49)21-26/h5-8,10-15,21,24,49H,2,4,16-20,22-23H2,1H3,(H2,40,41,42). The van der Waals surface area contributed by atoms with Crippen LogP contribution in [0.3, 0.4) is 0 Å². The molecule has 7 rings (SSSR count). The topological polar surface area (TPSA) is 148 Å². The average molecular weight is 702 g/mol. The molecule has 6 aromatic rings. The van der Waals surface area contributed by atoms with E-state index in [2.05, 4.69) is 33.8 Å². The Labute approximate surface area is 299 Å². The molecule has 0 bridgehead atoms. The van der Waals surface area contributed by atoms with Gasteiger partial charge in [-0.05, 0) is 49.4 Å². The van der Waals surface area contributed by atoms with Gasteiger partial charge in [0.25, 0.3) is 5.56 Å². The van der Waals surface area contributed by atoms with Gasteiger partial charge in [-0.25, -0.2) is 19.6 Å². The Bertz CT molecular complexity index is 2390. The highest BCUT2D eigenvalue weighted by atomic mass is 35.5. The number of nitrogens with zero attached hydrogens (tertiary/aromatic N) is 8. The minimum absolute atomic E-state index is 0.0681. The van der Waals surface area contributed by atoms with E-state index in [1.54, 1.807) is 39.6 Å². The summed E-state index contributed by atoms with van der Waals surface area (Å²) in [6.45, 7) is 3.50. The van der Waals surface area contributed by atoms with Crippen molar-refractivity contribution in [3.8, 4) is 28.8 Å². The predicted molar refractivity (Wildman–Crippen MR) is 197 cm³/mol. The van der Waals surface area contributed by atoms with Gasteiger partial charge in [-0.15, -0.1) is 0 Å². The van der Waals surface area contributed by atoms with Gasteiger partial charge in [0.2, 0.25) is 5.91 Å². The zero-order chi connectivity index (χ0) is 35.5. The van der Waals surface area contributed by atoms with Gasteiger partial charge in [0.05, 0.1) is 22.8 Å². The van der Waals surface area contributed by atoms with Gasteiger partial charge < -0.3 is 20.6 Å². The number of phenolic OH excluding ortho intramolecular Hbond substituents is 1. The van der Waals surface area contributed by atoms with Crippen molar-refractivity contribution < 1.29 is 9.90 Å². The van der Waals surface area contributed by atoms with E-state index in [1.807, 2.05) is 41.3 Å². The SMILES string of the molecule is CN1CCN(C(=O)CCCC#Cc2cccc3nc(Cn4nc(-c5cccc(O)c5)c5c(N)ncnc54)n(Cc4ccccc4Cl)c(=O)c23)CC1. The van der Waals surface area contributed by atoms with Gasteiger partial charge >= 0.3 is 0 Å². The molecule has 3 aromatic carbocycles. The summed E-state index contributed by atoms with van der Waals surface area (Å²) in [6.07, 6.45) is 2.96. The van der Waals surface area contributed by atoms with Crippen molar-refractivity contribution >= 4 is 45.3 Å². The van der Waals surface area contributed by atoms with Crippen LogP contribution in [0.1, 0.15) is 36.2 Å². The van der Waals surface area contributed by atoms with Crippen LogP contribution < -0.4 is 11.3 Å². The maximum Gasteiger partial charge on any atom is 0.263 e. The highest BCUT2D eigenvalue weighted by Crippen LogP contribution is 2.32. The molecule has 3 aromatic heterocycles. The number of aromatic hydroxyl groups is 1. The number of phenols is 1. The van der Waals surface area contributed by atoms with Gasteiger partial charge in [0, 0.05) is 55.2 Å². The number of unbranched alkanes of at least 4 members (excludes halogenated alkanes) is 1. The van der Waals surface area contributed by atoms with Crippen LogP contribution in [-0.2, 0) is 17.9 Å². The van der Waals surface area contributed by atoms with Crippen LogP contribution >= 0.6 is 11.6 Å². The molecular weight excluding hydrogens is 666 g/mol. The molecule has 3 N–H and O–H groups in total. The van der Waals surface area contributed by atoms with Gasteiger partial charge in [0.15, 0.2) is 5.65 Å². The summed E-state index contributed by atoms with van der Waals surface area (Å²) in [7, 11) is 2.06. The number of halogens is 1. The van der Waals surface area contributed by atoms with E-state index in [0.29, 0.717) is 68.9 Å². The number of likely N-dealkylation sites (N-methyl/N-ethyl adjacent to an activating group) is 1. The smallest absolute Gasteiger partial charge is 0.263 e.